The van der Waals surface area contributed by atoms with Gasteiger partial charge in [0, 0.05) is 23.7 Å². The molecule has 22 nitrogen and oxygen atoms in total. The molecule has 0 aromatic rings. The van der Waals surface area contributed by atoms with Crippen molar-refractivity contribution in [1.29, 1.82) is 0 Å². The number of hydrogen-bond acceptors (Lipinski definition) is 22. The Bertz CT molecular complexity index is 1900. The van der Waals surface area contributed by atoms with Gasteiger partial charge in [-0.3, -0.25) is 62.9 Å². The first-order valence-electron chi connectivity index (χ1n) is 18.6. The van der Waals surface area contributed by atoms with Crippen LogP contribution in [0.2, 0.25) is 0 Å². The second kappa shape index (κ2) is 24.2. The minimum atomic E-state index is -1.89. The van der Waals surface area contributed by atoms with Gasteiger partial charge in [-0.1, -0.05) is 32.9 Å². The van der Waals surface area contributed by atoms with Gasteiger partial charge in [0.05, 0.1) is 5.71 Å². The van der Waals surface area contributed by atoms with Gasteiger partial charge in [-0.2, -0.15) is 12.6 Å². The fourth-order valence-corrected chi connectivity index (χ4v) is 6.76. The van der Waals surface area contributed by atoms with E-state index in [0.29, 0.717) is 5.75 Å². The smallest absolute Gasteiger partial charge is 0.206 e. The van der Waals surface area contributed by atoms with Crippen LogP contribution in [-0.4, -0.2) is 129 Å². The van der Waals surface area contributed by atoms with E-state index >= 15 is 0 Å². The molecule has 0 radical (unpaired) electrons. The normalized spacial score (nSPS) is 27.4. The third kappa shape index (κ3) is 12.4. The van der Waals surface area contributed by atoms with Crippen LogP contribution in [0.15, 0.2) is 5.16 Å². The fourth-order valence-electron chi connectivity index (χ4n) is 6.63. The van der Waals surface area contributed by atoms with Gasteiger partial charge in [-0.25, -0.2) is 0 Å². The first-order chi connectivity index (χ1) is 29.0. The molecule has 0 saturated heterocycles. The van der Waals surface area contributed by atoms with Crippen molar-refractivity contribution in [3.63, 3.8) is 0 Å². The molecule has 3 rings (SSSR count). The minimum absolute atomic E-state index is 0.00562. The first kappa shape index (κ1) is 53.6. The zero-order chi connectivity index (χ0) is 47.9. The molecule has 62 heavy (non-hydrogen) atoms. The monoisotopic (exact) mass is 890 g/mol. The molecule has 334 valence electrons. The zero-order valence-electron chi connectivity index (χ0n) is 33.5. The lowest BCUT2D eigenvalue weighted by Crippen LogP contribution is -2.52. The standard InChI is InChI=1S/C13H13NO8.C13H15NO6.C13H14O6S/c1-6(3-14(21)22)2-9(17)10-12(19)7(4-15)11(18)8(5-16)13(10)20;1-6(2)3-9(14-20)10-12(18)7(4-15)11(17)8(5-16)13(10)19;1-6(5-20)2-9(16)10-12(18)7(3-14)11(17)8(4-15)13(10)19/h4-8,10H,2-3H2,1H3;4-8,10,20H,3H2,1-2H3;3-4,6-8,10,20H,2,5H2,1H3/b;14-9+;. The molecule has 23 heteroatoms. The van der Waals surface area contributed by atoms with Gasteiger partial charge < -0.3 is 34.0 Å². The Hall–Kier alpha value is -6.39. The number of Topliss-reactive ketones (excluding diaryl/α,β-unsaturated/α-hetero) is 11. The van der Waals surface area contributed by atoms with E-state index in [1.807, 2.05) is 0 Å². The third-order valence-corrected chi connectivity index (χ3v) is 10.4. The molecule has 0 aliphatic heterocycles. The molecule has 0 bridgehead atoms. The van der Waals surface area contributed by atoms with Gasteiger partial charge in [-0.05, 0) is 24.0 Å². The van der Waals surface area contributed by atoms with Crippen LogP contribution in [0, 0.1) is 81.1 Å². The molecule has 0 spiro atoms. The summed E-state index contributed by atoms with van der Waals surface area (Å²) < 4.78 is 0. The Balaban J connectivity index is 0.000000466. The number of nitro groups is 1. The molecule has 8 unspecified atom stereocenters. The highest BCUT2D eigenvalue weighted by Gasteiger charge is 2.54. The maximum Gasteiger partial charge on any atom is 0.206 e. The third-order valence-electron chi connectivity index (χ3n) is 9.80. The lowest BCUT2D eigenvalue weighted by atomic mass is 9.70. The number of ketones is 11. The van der Waals surface area contributed by atoms with Crippen LogP contribution >= 0.6 is 12.6 Å². The molecular weight excluding hydrogens is 848 g/mol. The molecular formula is C39H42N2O20S. The van der Waals surface area contributed by atoms with Crippen molar-refractivity contribution in [2.75, 3.05) is 12.3 Å². The highest BCUT2D eigenvalue weighted by molar-refractivity contribution is 7.80. The average molecular weight is 891 g/mol. The predicted octanol–water partition coefficient (Wildman–Crippen LogP) is -1.87. The number of aldehydes is 6. The minimum Gasteiger partial charge on any atom is -0.411 e. The number of nitrogens with zero attached hydrogens (tertiary/aromatic N) is 2. The Kier molecular flexibility index (Phi) is 20.9. The number of thiol groups is 1. The lowest BCUT2D eigenvalue weighted by molar-refractivity contribution is -0.487. The van der Waals surface area contributed by atoms with Crippen molar-refractivity contribution in [1.82, 2.24) is 0 Å². The van der Waals surface area contributed by atoms with Crippen molar-refractivity contribution >= 4 is 120 Å². The highest BCUT2D eigenvalue weighted by Crippen LogP contribution is 2.29. The Morgan fingerprint density at radius 2 is 0.823 bits per heavy atom. The summed E-state index contributed by atoms with van der Waals surface area (Å²) in [7, 11) is 0. The number of carbonyl (C=O) groups excluding carboxylic acids is 17. The summed E-state index contributed by atoms with van der Waals surface area (Å²) in [5, 5.41) is 22.3. The Labute approximate surface area is 356 Å². The van der Waals surface area contributed by atoms with Crippen LogP contribution < -0.4 is 0 Å². The predicted molar refractivity (Wildman–Crippen MR) is 205 cm³/mol. The van der Waals surface area contributed by atoms with E-state index in [9.17, 15) is 91.6 Å². The summed E-state index contributed by atoms with van der Waals surface area (Å²) in [6.07, 6.45) is 0.0138. The van der Waals surface area contributed by atoms with Crippen LogP contribution in [0.25, 0.3) is 0 Å². The van der Waals surface area contributed by atoms with Gasteiger partial charge in [0.25, 0.3) is 0 Å². The Morgan fingerprint density at radius 3 is 1.05 bits per heavy atom. The molecule has 3 fully saturated rings. The maximum atomic E-state index is 12.0. The summed E-state index contributed by atoms with van der Waals surface area (Å²) in [6, 6.07) is 0. The lowest BCUT2D eigenvalue weighted by Gasteiger charge is -2.27. The van der Waals surface area contributed by atoms with Crippen LogP contribution in [0.1, 0.15) is 47.0 Å². The second-order valence-electron chi connectivity index (χ2n) is 15.0. The summed E-state index contributed by atoms with van der Waals surface area (Å²) in [5.74, 6) is -27.0. The molecule has 3 aliphatic rings. The highest BCUT2D eigenvalue weighted by atomic mass is 32.1. The van der Waals surface area contributed by atoms with Crippen LogP contribution in [0.5, 0.6) is 0 Å². The molecule has 3 saturated carbocycles. The molecule has 0 heterocycles. The summed E-state index contributed by atoms with van der Waals surface area (Å²) in [4.78, 5) is 205. The van der Waals surface area contributed by atoms with Crippen molar-refractivity contribution < 1.29 is 91.6 Å². The molecule has 0 aromatic heterocycles. The van der Waals surface area contributed by atoms with E-state index in [-0.39, 0.29) is 68.1 Å². The van der Waals surface area contributed by atoms with Crippen molar-refractivity contribution in [2.24, 2.45) is 76.2 Å². The van der Waals surface area contributed by atoms with Crippen LogP contribution in [-0.2, 0) is 81.5 Å². The van der Waals surface area contributed by atoms with Crippen LogP contribution in [0.3, 0.4) is 0 Å². The second-order valence-corrected chi connectivity index (χ2v) is 15.4. The maximum absolute atomic E-state index is 12.0. The number of carbonyl (C=O) groups is 17. The molecule has 0 amide bonds. The van der Waals surface area contributed by atoms with Crippen molar-refractivity contribution in [3.05, 3.63) is 10.1 Å². The summed E-state index contributed by atoms with van der Waals surface area (Å²) in [5.41, 5.74) is -0.124. The molecule has 8 atom stereocenters. The van der Waals surface area contributed by atoms with Crippen molar-refractivity contribution in [3.8, 4) is 0 Å². The number of rotatable bonds is 18. The van der Waals surface area contributed by atoms with Crippen molar-refractivity contribution in [2.45, 2.75) is 47.0 Å². The van der Waals surface area contributed by atoms with Gasteiger partial charge in [0.15, 0.2) is 63.6 Å². The quantitative estimate of drug-likeness (QED) is 0.0290. The van der Waals surface area contributed by atoms with E-state index in [1.165, 1.54) is 6.92 Å². The molecule has 0 aromatic carbocycles. The zero-order valence-corrected chi connectivity index (χ0v) is 34.4. The van der Waals surface area contributed by atoms with Gasteiger partial charge >= 0.3 is 0 Å². The van der Waals surface area contributed by atoms with E-state index in [2.05, 4.69) is 17.8 Å². The first-order valence-corrected chi connectivity index (χ1v) is 19.2. The van der Waals surface area contributed by atoms with E-state index in [4.69, 9.17) is 5.21 Å². The van der Waals surface area contributed by atoms with Crippen LogP contribution in [0.4, 0.5) is 0 Å². The largest absolute Gasteiger partial charge is 0.411 e. The topological polar surface area (TPSA) is 366 Å². The SMILES string of the molecule is CC(C)C/C(=N\O)C1C(=O)C(C=O)C(=O)C(C=O)C1=O.CC(CC(=O)C1C(=O)C(C=O)C(=O)C(C=O)C1=O)C[N+](=O)[O-].CC(CS)CC(=O)C1C(=O)C(C=O)C(=O)C(C=O)C1=O. The van der Waals surface area contributed by atoms with E-state index in [0.717, 1.165) is 0 Å². The Morgan fingerprint density at radius 1 is 0.548 bits per heavy atom. The van der Waals surface area contributed by atoms with Gasteiger partial charge in [0.2, 0.25) is 6.54 Å². The fraction of sp³-hybridized carbons (Fsp3) is 0.538. The average Bonchev–Trinajstić information content (AvgIpc) is 3.18. The van der Waals surface area contributed by atoms with E-state index < -0.39 is 141 Å². The molecule has 3 aliphatic carbocycles. The van der Waals surface area contributed by atoms with Gasteiger partial charge in [0.1, 0.15) is 91.0 Å². The molecule has 1 N–H and O–H groups in total. The summed E-state index contributed by atoms with van der Waals surface area (Å²) in [6.45, 7) is 6.12. The van der Waals surface area contributed by atoms with Gasteiger partial charge in [-0.15, -0.1) is 0 Å². The summed E-state index contributed by atoms with van der Waals surface area (Å²) >= 11 is 4.00. The number of hydrogen-bond donors (Lipinski definition) is 2. The van der Waals surface area contributed by atoms with E-state index in [1.54, 1.807) is 20.8 Å². The number of oxime groups is 1.